The van der Waals surface area contributed by atoms with Crippen LogP contribution in [0.3, 0.4) is 0 Å². The first-order chi connectivity index (χ1) is 7.63. The number of carbonyl (C=O) groups excluding carboxylic acids is 1. The van der Waals surface area contributed by atoms with Gasteiger partial charge in [0.25, 0.3) is 0 Å². The third-order valence-corrected chi connectivity index (χ3v) is 2.79. The number of ether oxygens (including phenoxy) is 3. The molecule has 0 heterocycles. The molecule has 1 N–H and O–H groups in total. The van der Waals surface area contributed by atoms with E-state index in [0.29, 0.717) is 18.4 Å². The molecule has 0 bridgehead atoms. The molecule has 1 aliphatic rings. The SMILES string of the molecule is COC(=O)C1=CC(C(O)C(OC)OC)CC1. The Morgan fingerprint density at radius 3 is 2.56 bits per heavy atom. The quantitative estimate of drug-likeness (QED) is 0.549. The van der Waals surface area contributed by atoms with E-state index in [9.17, 15) is 9.90 Å². The zero-order chi connectivity index (χ0) is 12.1. The molecule has 1 rings (SSSR count). The van der Waals surface area contributed by atoms with Gasteiger partial charge in [-0.05, 0) is 12.8 Å². The Bertz CT molecular complexity index is 270. The summed E-state index contributed by atoms with van der Waals surface area (Å²) in [5.41, 5.74) is 0.609. The maximum absolute atomic E-state index is 11.3. The van der Waals surface area contributed by atoms with Crippen molar-refractivity contribution < 1.29 is 24.1 Å². The van der Waals surface area contributed by atoms with Gasteiger partial charge in [-0.1, -0.05) is 6.08 Å². The molecular formula is C11H18O5. The lowest BCUT2D eigenvalue weighted by molar-refractivity contribution is -0.173. The van der Waals surface area contributed by atoms with Crippen molar-refractivity contribution in [3.05, 3.63) is 11.6 Å². The highest BCUT2D eigenvalue weighted by Gasteiger charge is 2.31. The minimum atomic E-state index is -0.767. The van der Waals surface area contributed by atoms with E-state index in [-0.39, 0.29) is 11.9 Å². The Balaban J connectivity index is 2.63. The number of hydrogen-bond acceptors (Lipinski definition) is 5. The fraction of sp³-hybridized carbons (Fsp3) is 0.727. The van der Waals surface area contributed by atoms with Gasteiger partial charge in [-0.25, -0.2) is 4.79 Å². The predicted molar refractivity (Wildman–Crippen MR) is 56.6 cm³/mol. The molecule has 0 fully saturated rings. The number of methoxy groups -OCH3 is 3. The number of aliphatic hydroxyl groups excluding tert-OH is 1. The third kappa shape index (κ3) is 2.81. The molecule has 0 saturated carbocycles. The lowest BCUT2D eigenvalue weighted by Crippen LogP contribution is -2.34. The van der Waals surface area contributed by atoms with Gasteiger partial charge in [0.2, 0.25) is 0 Å². The Kier molecular flexibility index (Phi) is 4.92. The van der Waals surface area contributed by atoms with Crippen LogP contribution in [0, 0.1) is 5.92 Å². The topological polar surface area (TPSA) is 65.0 Å². The minimum Gasteiger partial charge on any atom is -0.466 e. The Hall–Kier alpha value is -0.910. The van der Waals surface area contributed by atoms with E-state index in [4.69, 9.17) is 9.47 Å². The van der Waals surface area contributed by atoms with E-state index in [1.54, 1.807) is 6.08 Å². The predicted octanol–water partition coefficient (Wildman–Crippen LogP) is 0.476. The maximum Gasteiger partial charge on any atom is 0.333 e. The highest BCUT2D eigenvalue weighted by Crippen LogP contribution is 2.29. The first-order valence-corrected chi connectivity index (χ1v) is 5.16. The average Bonchev–Trinajstić information content (AvgIpc) is 2.78. The van der Waals surface area contributed by atoms with Gasteiger partial charge in [0.1, 0.15) is 6.10 Å². The molecule has 0 aliphatic heterocycles. The van der Waals surface area contributed by atoms with Gasteiger partial charge in [-0.3, -0.25) is 0 Å². The molecule has 0 aromatic rings. The van der Waals surface area contributed by atoms with E-state index in [0.717, 1.165) is 0 Å². The lowest BCUT2D eigenvalue weighted by Gasteiger charge is -2.23. The number of carbonyl (C=O) groups is 1. The summed E-state index contributed by atoms with van der Waals surface area (Å²) in [6.07, 6.45) is 1.63. The van der Waals surface area contributed by atoms with Gasteiger partial charge < -0.3 is 19.3 Å². The Labute approximate surface area is 95.0 Å². The third-order valence-electron chi connectivity index (χ3n) is 2.79. The van der Waals surface area contributed by atoms with E-state index in [2.05, 4.69) is 4.74 Å². The fourth-order valence-electron chi connectivity index (χ4n) is 1.89. The van der Waals surface area contributed by atoms with E-state index < -0.39 is 12.4 Å². The average molecular weight is 230 g/mol. The highest BCUT2D eigenvalue weighted by atomic mass is 16.7. The summed E-state index contributed by atoms with van der Waals surface area (Å²) < 4.78 is 14.6. The number of hydrogen-bond donors (Lipinski definition) is 1. The zero-order valence-corrected chi connectivity index (χ0v) is 9.80. The molecule has 2 atom stereocenters. The first-order valence-electron chi connectivity index (χ1n) is 5.16. The molecule has 0 radical (unpaired) electrons. The van der Waals surface area contributed by atoms with Gasteiger partial charge in [0.05, 0.1) is 7.11 Å². The molecule has 0 amide bonds. The van der Waals surface area contributed by atoms with E-state index in [1.807, 2.05) is 0 Å². The second-order valence-electron chi connectivity index (χ2n) is 3.72. The summed E-state index contributed by atoms with van der Waals surface area (Å²) >= 11 is 0. The summed E-state index contributed by atoms with van der Waals surface area (Å²) in [6.45, 7) is 0. The van der Waals surface area contributed by atoms with Crippen LogP contribution < -0.4 is 0 Å². The zero-order valence-electron chi connectivity index (χ0n) is 9.80. The summed E-state index contributed by atoms with van der Waals surface area (Å²) in [5.74, 6) is -0.458. The lowest BCUT2D eigenvalue weighted by atomic mass is 10.0. The van der Waals surface area contributed by atoms with Crippen LogP contribution in [0.25, 0.3) is 0 Å². The van der Waals surface area contributed by atoms with E-state index >= 15 is 0 Å². The highest BCUT2D eigenvalue weighted by molar-refractivity contribution is 5.88. The van der Waals surface area contributed by atoms with Crippen LogP contribution in [0.1, 0.15) is 12.8 Å². The van der Waals surface area contributed by atoms with Crippen LogP contribution in [-0.4, -0.2) is 44.8 Å². The standard InChI is InChI=1S/C11H18O5/c1-14-10(13)8-5-4-7(6-8)9(12)11(15-2)16-3/h6-7,9,11-12H,4-5H2,1-3H3. The Morgan fingerprint density at radius 1 is 1.44 bits per heavy atom. The van der Waals surface area contributed by atoms with Crippen LogP contribution in [-0.2, 0) is 19.0 Å². The number of aliphatic hydroxyl groups is 1. The van der Waals surface area contributed by atoms with Gasteiger partial charge >= 0.3 is 5.97 Å². The largest absolute Gasteiger partial charge is 0.466 e. The molecule has 16 heavy (non-hydrogen) atoms. The maximum atomic E-state index is 11.3. The summed E-state index contributed by atoms with van der Waals surface area (Å²) in [4.78, 5) is 11.3. The molecule has 0 saturated heterocycles. The molecule has 0 spiro atoms. The molecule has 92 valence electrons. The van der Waals surface area contributed by atoms with Crippen molar-refractivity contribution in [1.82, 2.24) is 0 Å². The number of rotatable bonds is 5. The van der Waals surface area contributed by atoms with Crippen LogP contribution >= 0.6 is 0 Å². The van der Waals surface area contributed by atoms with Crippen LogP contribution in [0.15, 0.2) is 11.6 Å². The first kappa shape index (κ1) is 13.2. The second-order valence-corrected chi connectivity index (χ2v) is 3.72. The van der Waals surface area contributed by atoms with Crippen molar-refractivity contribution in [2.24, 2.45) is 5.92 Å². The summed E-state index contributed by atoms with van der Waals surface area (Å²) in [7, 11) is 4.29. The van der Waals surface area contributed by atoms with Gasteiger partial charge in [0, 0.05) is 25.7 Å². The summed E-state index contributed by atoms with van der Waals surface area (Å²) in [6, 6.07) is 0. The molecular weight excluding hydrogens is 212 g/mol. The number of esters is 1. The summed E-state index contributed by atoms with van der Waals surface area (Å²) in [5, 5.41) is 9.93. The second kappa shape index (κ2) is 5.98. The molecule has 2 unspecified atom stereocenters. The van der Waals surface area contributed by atoms with Crippen molar-refractivity contribution in [2.75, 3.05) is 21.3 Å². The van der Waals surface area contributed by atoms with Gasteiger partial charge in [-0.2, -0.15) is 0 Å². The monoisotopic (exact) mass is 230 g/mol. The van der Waals surface area contributed by atoms with Gasteiger partial charge in [-0.15, -0.1) is 0 Å². The van der Waals surface area contributed by atoms with Gasteiger partial charge in [0.15, 0.2) is 6.29 Å². The van der Waals surface area contributed by atoms with Crippen LogP contribution in [0.4, 0.5) is 0 Å². The molecule has 5 nitrogen and oxygen atoms in total. The fourth-order valence-corrected chi connectivity index (χ4v) is 1.89. The minimum absolute atomic E-state index is 0.126. The smallest absolute Gasteiger partial charge is 0.333 e. The molecule has 5 heteroatoms. The van der Waals surface area contributed by atoms with E-state index in [1.165, 1.54) is 21.3 Å². The van der Waals surface area contributed by atoms with Crippen molar-refractivity contribution in [3.8, 4) is 0 Å². The van der Waals surface area contributed by atoms with Crippen molar-refractivity contribution in [2.45, 2.75) is 25.2 Å². The molecule has 0 aromatic carbocycles. The normalized spacial score (nSPS) is 22.1. The molecule has 1 aliphatic carbocycles. The van der Waals surface area contributed by atoms with Crippen molar-refractivity contribution >= 4 is 5.97 Å². The van der Waals surface area contributed by atoms with Crippen LogP contribution in [0.5, 0.6) is 0 Å². The van der Waals surface area contributed by atoms with Crippen molar-refractivity contribution in [3.63, 3.8) is 0 Å². The van der Waals surface area contributed by atoms with Crippen LogP contribution in [0.2, 0.25) is 0 Å². The molecule has 0 aromatic heterocycles. The Morgan fingerprint density at radius 2 is 2.06 bits per heavy atom. The van der Waals surface area contributed by atoms with Crippen molar-refractivity contribution in [1.29, 1.82) is 0 Å².